The molecule has 8 nitrogen and oxygen atoms in total. The van der Waals surface area contributed by atoms with Gasteiger partial charge in [0, 0.05) is 11.0 Å². The summed E-state index contributed by atoms with van der Waals surface area (Å²) in [5, 5.41) is 17.7. The minimum Gasteiger partial charge on any atom is -0.508 e. The first-order valence-corrected chi connectivity index (χ1v) is 14.5. The molecule has 2 aromatic carbocycles. The van der Waals surface area contributed by atoms with Crippen molar-refractivity contribution in [3.8, 4) is 5.75 Å². The van der Waals surface area contributed by atoms with E-state index in [9.17, 15) is 23.1 Å². The summed E-state index contributed by atoms with van der Waals surface area (Å²) in [6.45, 7) is 3.82. The van der Waals surface area contributed by atoms with Crippen molar-refractivity contribution in [3.63, 3.8) is 0 Å². The van der Waals surface area contributed by atoms with Crippen LogP contribution in [0.25, 0.3) is 0 Å². The average molecular weight is 527 g/mol. The van der Waals surface area contributed by atoms with Crippen LogP contribution in [0.15, 0.2) is 47.4 Å². The van der Waals surface area contributed by atoms with Gasteiger partial charge in [0.1, 0.15) is 17.9 Å². The number of sulfonamides is 1. The fourth-order valence-corrected chi connectivity index (χ4v) is 7.67. The zero-order valence-electron chi connectivity index (χ0n) is 21.1. The van der Waals surface area contributed by atoms with Gasteiger partial charge in [0.15, 0.2) is 0 Å². The Kier molecular flexibility index (Phi) is 6.56. The van der Waals surface area contributed by atoms with Crippen LogP contribution in [0.3, 0.4) is 0 Å². The minimum absolute atomic E-state index is 0.100. The van der Waals surface area contributed by atoms with Gasteiger partial charge in [-0.1, -0.05) is 19.1 Å². The Balaban J connectivity index is 1.24. The van der Waals surface area contributed by atoms with Crippen molar-refractivity contribution in [2.45, 2.75) is 75.3 Å². The molecule has 5 rings (SSSR count). The molecule has 0 aromatic heterocycles. The maximum absolute atomic E-state index is 13.0. The molecule has 37 heavy (non-hydrogen) atoms. The number of fused-ring (bicyclic) bond motifs is 5. The van der Waals surface area contributed by atoms with E-state index in [4.69, 9.17) is 9.88 Å². The number of primary sulfonamides is 1. The SMILES string of the molecule is C[C@H](NC(=O)c1cccc(S(N)(=O)=O)c1)C(=O)O[C@H]1CCC2C3CCc4cc(O)ccc4C3CC[C@@]21C. The number of rotatable bonds is 5. The number of aromatic hydroxyl groups is 1. The van der Waals surface area contributed by atoms with Crippen molar-refractivity contribution >= 4 is 21.9 Å². The van der Waals surface area contributed by atoms with E-state index >= 15 is 0 Å². The molecular weight excluding hydrogens is 492 g/mol. The van der Waals surface area contributed by atoms with Gasteiger partial charge in [-0.2, -0.15) is 0 Å². The molecule has 0 aliphatic heterocycles. The maximum Gasteiger partial charge on any atom is 0.328 e. The van der Waals surface area contributed by atoms with Gasteiger partial charge >= 0.3 is 5.97 Å². The number of benzene rings is 2. The molecule has 0 bridgehead atoms. The third kappa shape index (κ3) is 4.75. The van der Waals surface area contributed by atoms with E-state index in [1.54, 1.807) is 13.0 Å². The van der Waals surface area contributed by atoms with E-state index in [0.29, 0.717) is 23.5 Å². The van der Waals surface area contributed by atoms with E-state index in [1.807, 2.05) is 6.07 Å². The van der Waals surface area contributed by atoms with Crippen molar-refractivity contribution < 1.29 is 27.9 Å². The second-order valence-electron chi connectivity index (χ2n) is 11.1. The summed E-state index contributed by atoms with van der Waals surface area (Å²) < 4.78 is 29.2. The summed E-state index contributed by atoms with van der Waals surface area (Å²) in [6, 6.07) is 10.3. The largest absolute Gasteiger partial charge is 0.508 e. The molecule has 0 spiro atoms. The Morgan fingerprint density at radius 1 is 1.14 bits per heavy atom. The number of phenols is 1. The van der Waals surface area contributed by atoms with Gasteiger partial charge in [0.25, 0.3) is 5.91 Å². The molecule has 0 saturated heterocycles. The van der Waals surface area contributed by atoms with Gasteiger partial charge < -0.3 is 15.2 Å². The molecule has 2 fully saturated rings. The quantitative estimate of drug-likeness (QED) is 0.509. The number of phenolic OH excluding ortho intramolecular Hbond substituents is 1. The predicted molar refractivity (Wildman–Crippen MR) is 137 cm³/mol. The van der Waals surface area contributed by atoms with Crippen LogP contribution in [0.1, 0.15) is 73.4 Å². The summed E-state index contributed by atoms with van der Waals surface area (Å²) in [7, 11) is -3.95. The van der Waals surface area contributed by atoms with Crippen LogP contribution in [-0.4, -0.2) is 37.5 Å². The highest BCUT2D eigenvalue weighted by Crippen LogP contribution is 2.61. The molecule has 1 amide bonds. The van der Waals surface area contributed by atoms with E-state index < -0.39 is 27.9 Å². The molecule has 0 heterocycles. The number of carbonyl (C=O) groups is 2. The fraction of sp³-hybridized carbons (Fsp3) is 0.500. The third-order valence-corrected chi connectivity index (χ3v) is 9.92. The summed E-state index contributed by atoms with van der Waals surface area (Å²) in [4.78, 5) is 25.5. The lowest BCUT2D eigenvalue weighted by Crippen LogP contribution is -2.47. The highest BCUT2D eigenvalue weighted by atomic mass is 32.2. The number of aryl methyl sites for hydroxylation is 1. The van der Waals surface area contributed by atoms with Crippen LogP contribution in [0.4, 0.5) is 0 Å². The topological polar surface area (TPSA) is 136 Å². The number of esters is 1. The van der Waals surface area contributed by atoms with Crippen molar-refractivity contribution in [3.05, 3.63) is 59.2 Å². The Hall–Kier alpha value is -2.91. The summed E-state index contributed by atoms with van der Waals surface area (Å²) in [6.07, 6.45) is 5.61. The van der Waals surface area contributed by atoms with Crippen LogP contribution < -0.4 is 10.5 Å². The second kappa shape index (κ2) is 9.44. The van der Waals surface area contributed by atoms with Crippen LogP contribution in [0.5, 0.6) is 5.75 Å². The fourth-order valence-electron chi connectivity index (χ4n) is 7.11. The highest BCUT2D eigenvalue weighted by molar-refractivity contribution is 7.89. The number of hydrogen-bond donors (Lipinski definition) is 3. The zero-order valence-corrected chi connectivity index (χ0v) is 22.0. The van der Waals surface area contributed by atoms with Crippen molar-refractivity contribution in [2.75, 3.05) is 0 Å². The first kappa shape index (κ1) is 25.7. The molecule has 6 atom stereocenters. The molecule has 0 radical (unpaired) electrons. The lowest BCUT2D eigenvalue weighted by molar-refractivity contribution is -0.159. The van der Waals surface area contributed by atoms with Gasteiger partial charge in [-0.3, -0.25) is 4.79 Å². The number of ether oxygens (including phenoxy) is 1. The number of nitrogens with two attached hydrogens (primary N) is 1. The number of carbonyl (C=O) groups excluding carboxylic acids is 2. The average Bonchev–Trinajstić information content (AvgIpc) is 3.19. The smallest absolute Gasteiger partial charge is 0.328 e. The molecular formula is C28H34N2O6S. The van der Waals surface area contributed by atoms with Gasteiger partial charge in [0.05, 0.1) is 4.90 Å². The molecule has 4 N–H and O–H groups in total. The second-order valence-corrected chi connectivity index (χ2v) is 12.7. The maximum atomic E-state index is 13.0. The van der Waals surface area contributed by atoms with E-state index in [0.717, 1.165) is 38.5 Å². The normalized spacial score (nSPS) is 29.4. The zero-order chi connectivity index (χ0) is 26.5. The van der Waals surface area contributed by atoms with Crippen molar-refractivity contribution in [1.29, 1.82) is 0 Å². The standard InChI is InChI=1S/C28H34N2O6S/c1-16(30-26(32)18-4-3-5-20(15-18)37(29,34)35)27(33)36-25-11-10-24-23-8-6-17-14-19(31)7-9-21(17)22(23)12-13-28(24,25)2/h3-5,7,9,14-16,22-25,31H,6,8,10-13H2,1-2H3,(H,30,32)(H2,29,34,35)/t16-,22?,23?,24?,25-,28-/m0/s1. The van der Waals surface area contributed by atoms with Gasteiger partial charge in [-0.05, 0) is 105 Å². The lowest BCUT2D eigenvalue weighted by Gasteiger charge is -2.50. The third-order valence-electron chi connectivity index (χ3n) is 9.01. The van der Waals surface area contributed by atoms with Crippen LogP contribution in [0.2, 0.25) is 0 Å². The molecule has 3 aliphatic rings. The van der Waals surface area contributed by atoms with Crippen LogP contribution in [-0.2, 0) is 26.0 Å². The van der Waals surface area contributed by atoms with E-state index in [2.05, 4.69) is 18.3 Å². The first-order valence-electron chi connectivity index (χ1n) is 12.9. The Morgan fingerprint density at radius 2 is 1.92 bits per heavy atom. The molecule has 2 aromatic rings. The van der Waals surface area contributed by atoms with E-state index in [1.165, 1.54) is 35.4 Å². The summed E-state index contributed by atoms with van der Waals surface area (Å²) >= 11 is 0. The molecule has 198 valence electrons. The molecule has 3 aliphatic carbocycles. The van der Waals surface area contributed by atoms with Crippen LogP contribution in [0, 0.1) is 17.3 Å². The molecule has 9 heteroatoms. The Bertz CT molecular complexity index is 1340. The van der Waals surface area contributed by atoms with Gasteiger partial charge in [-0.15, -0.1) is 0 Å². The lowest BCUT2D eigenvalue weighted by atomic mass is 9.55. The monoisotopic (exact) mass is 526 g/mol. The molecule has 2 saturated carbocycles. The first-order chi connectivity index (χ1) is 17.5. The molecule has 3 unspecified atom stereocenters. The number of nitrogens with one attached hydrogen (secondary N) is 1. The Labute approximate surface area is 217 Å². The van der Waals surface area contributed by atoms with E-state index in [-0.39, 0.29) is 22.0 Å². The number of hydrogen-bond acceptors (Lipinski definition) is 6. The summed E-state index contributed by atoms with van der Waals surface area (Å²) in [5.74, 6) is 0.721. The highest BCUT2D eigenvalue weighted by Gasteiger charge is 2.56. The summed E-state index contributed by atoms with van der Waals surface area (Å²) in [5.41, 5.74) is 2.60. The van der Waals surface area contributed by atoms with Crippen molar-refractivity contribution in [2.24, 2.45) is 22.4 Å². The van der Waals surface area contributed by atoms with Gasteiger partial charge in [-0.25, -0.2) is 18.4 Å². The van der Waals surface area contributed by atoms with Crippen molar-refractivity contribution in [1.82, 2.24) is 5.32 Å². The predicted octanol–water partition coefficient (Wildman–Crippen LogP) is 3.63. The number of amides is 1. The van der Waals surface area contributed by atoms with Crippen LogP contribution >= 0.6 is 0 Å². The Morgan fingerprint density at radius 3 is 2.68 bits per heavy atom. The minimum atomic E-state index is -3.95. The van der Waals surface area contributed by atoms with Gasteiger partial charge in [0.2, 0.25) is 10.0 Å².